The SMILES string of the molecule is O=C1c2ccccc2C(=O)N1CCCC(=O)N(c1ccccn1)C1CC1. The van der Waals surface area contributed by atoms with Gasteiger partial charge < -0.3 is 0 Å². The fourth-order valence-electron chi connectivity index (χ4n) is 3.30. The predicted molar refractivity (Wildman–Crippen MR) is 95.8 cm³/mol. The first-order valence-electron chi connectivity index (χ1n) is 8.85. The van der Waals surface area contributed by atoms with Gasteiger partial charge in [0, 0.05) is 25.2 Å². The maximum absolute atomic E-state index is 12.7. The van der Waals surface area contributed by atoms with E-state index in [0.717, 1.165) is 12.8 Å². The average molecular weight is 349 g/mol. The predicted octanol–water partition coefficient (Wildman–Crippen LogP) is 2.65. The molecule has 0 N–H and O–H groups in total. The minimum atomic E-state index is -0.276. The van der Waals surface area contributed by atoms with Gasteiger partial charge in [-0.15, -0.1) is 0 Å². The van der Waals surface area contributed by atoms with Crippen molar-refractivity contribution in [3.8, 4) is 0 Å². The van der Waals surface area contributed by atoms with Gasteiger partial charge in [-0.25, -0.2) is 4.98 Å². The summed E-state index contributed by atoms with van der Waals surface area (Å²) in [6.07, 6.45) is 4.37. The molecule has 6 nitrogen and oxygen atoms in total. The summed E-state index contributed by atoms with van der Waals surface area (Å²) in [7, 11) is 0. The first kappa shape index (κ1) is 16.4. The van der Waals surface area contributed by atoms with Crippen molar-refractivity contribution in [2.45, 2.75) is 31.7 Å². The maximum atomic E-state index is 12.7. The number of carbonyl (C=O) groups excluding carboxylic acids is 3. The molecule has 1 aliphatic heterocycles. The minimum Gasteiger partial charge on any atom is -0.294 e. The molecule has 4 rings (SSSR count). The van der Waals surface area contributed by atoms with E-state index in [1.165, 1.54) is 4.90 Å². The fourth-order valence-corrected chi connectivity index (χ4v) is 3.30. The number of benzene rings is 1. The molecule has 0 atom stereocenters. The standard InChI is InChI=1S/C20H19N3O3/c24-18(23(14-10-11-14)17-8-3-4-12-21-17)9-5-13-22-19(25)15-6-1-2-7-16(15)20(22)26/h1-4,6-8,12,14H,5,9-11,13H2. The van der Waals surface area contributed by atoms with Crippen LogP contribution in [-0.2, 0) is 4.79 Å². The molecule has 26 heavy (non-hydrogen) atoms. The van der Waals surface area contributed by atoms with Gasteiger partial charge in [0.2, 0.25) is 5.91 Å². The van der Waals surface area contributed by atoms with Crippen LogP contribution in [0.4, 0.5) is 5.82 Å². The van der Waals surface area contributed by atoms with Crippen molar-refractivity contribution < 1.29 is 14.4 Å². The summed E-state index contributed by atoms with van der Waals surface area (Å²) in [5, 5.41) is 0. The van der Waals surface area contributed by atoms with Crippen LogP contribution in [0.2, 0.25) is 0 Å². The largest absolute Gasteiger partial charge is 0.294 e. The van der Waals surface area contributed by atoms with Crippen LogP contribution in [-0.4, -0.2) is 40.2 Å². The van der Waals surface area contributed by atoms with Crippen molar-refractivity contribution in [1.29, 1.82) is 0 Å². The molecule has 0 unspecified atom stereocenters. The highest BCUT2D eigenvalue weighted by atomic mass is 16.2. The third-order valence-electron chi connectivity index (χ3n) is 4.73. The Morgan fingerprint density at radius 1 is 1.04 bits per heavy atom. The second kappa shape index (κ2) is 6.71. The molecule has 2 heterocycles. The number of rotatable bonds is 6. The first-order valence-corrected chi connectivity index (χ1v) is 8.85. The van der Waals surface area contributed by atoms with Crippen LogP contribution in [0, 0.1) is 0 Å². The summed E-state index contributed by atoms with van der Waals surface area (Å²) < 4.78 is 0. The molecule has 2 aromatic rings. The molecule has 0 saturated heterocycles. The van der Waals surface area contributed by atoms with E-state index in [2.05, 4.69) is 4.98 Å². The van der Waals surface area contributed by atoms with E-state index in [1.54, 1.807) is 35.4 Å². The van der Waals surface area contributed by atoms with E-state index >= 15 is 0 Å². The first-order chi connectivity index (χ1) is 12.7. The van der Waals surface area contributed by atoms with Gasteiger partial charge in [-0.1, -0.05) is 18.2 Å². The Morgan fingerprint density at radius 2 is 1.69 bits per heavy atom. The number of anilines is 1. The molecule has 1 saturated carbocycles. The van der Waals surface area contributed by atoms with Gasteiger partial charge in [-0.3, -0.25) is 24.2 Å². The quantitative estimate of drug-likeness (QED) is 0.752. The van der Waals surface area contributed by atoms with Gasteiger partial charge in [-0.05, 0) is 43.5 Å². The molecule has 0 radical (unpaired) electrons. The number of nitrogens with zero attached hydrogens (tertiary/aromatic N) is 3. The summed E-state index contributed by atoms with van der Waals surface area (Å²) >= 11 is 0. The summed E-state index contributed by atoms with van der Waals surface area (Å²) in [4.78, 5) is 44.7. The Labute approximate surface area is 151 Å². The Morgan fingerprint density at radius 3 is 2.27 bits per heavy atom. The number of pyridine rings is 1. The van der Waals surface area contributed by atoms with Crippen molar-refractivity contribution in [3.63, 3.8) is 0 Å². The molecular weight excluding hydrogens is 330 g/mol. The fraction of sp³-hybridized carbons (Fsp3) is 0.300. The lowest BCUT2D eigenvalue weighted by atomic mass is 10.1. The molecule has 132 valence electrons. The van der Waals surface area contributed by atoms with Crippen LogP contribution in [0.25, 0.3) is 0 Å². The van der Waals surface area contributed by atoms with Crippen LogP contribution < -0.4 is 4.90 Å². The Balaban J connectivity index is 1.38. The van der Waals surface area contributed by atoms with E-state index in [9.17, 15) is 14.4 Å². The highest BCUT2D eigenvalue weighted by Gasteiger charge is 2.36. The molecule has 1 aliphatic carbocycles. The average Bonchev–Trinajstić information content (AvgIpc) is 3.47. The molecule has 0 spiro atoms. The van der Waals surface area contributed by atoms with E-state index in [1.807, 2.05) is 18.2 Å². The molecule has 1 fully saturated rings. The van der Waals surface area contributed by atoms with Gasteiger partial charge >= 0.3 is 0 Å². The molecule has 0 bridgehead atoms. The normalized spacial score (nSPS) is 15.9. The maximum Gasteiger partial charge on any atom is 0.261 e. The van der Waals surface area contributed by atoms with Crippen molar-refractivity contribution in [1.82, 2.24) is 9.88 Å². The van der Waals surface area contributed by atoms with Gasteiger partial charge in [0.15, 0.2) is 0 Å². The van der Waals surface area contributed by atoms with Crippen LogP contribution >= 0.6 is 0 Å². The second-order valence-corrected chi connectivity index (χ2v) is 6.59. The number of hydrogen-bond acceptors (Lipinski definition) is 4. The molecule has 3 amide bonds. The van der Waals surface area contributed by atoms with Gasteiger partial charge in [0.1, 0.15) is 5.82 Å². The number of imide groups is 1. The molecular formula is C20H19N3O3. The Kier molecular flexibility index (Phi) is 4.24. The lowest BCUT2D eigenvalue weighted by molar-refractivity contribution is -0.118. The van der Waals surface area contributed by atoms with E-state index in [-0.39, 0.29) is 36.7 Å². The highest BCUT2D eigenvalue weighted by molar-refractivity contribution is 6.21. The number of aromatic nitrogens is 1. The van der Waals surface area contributed by atoms with E-state index < -0.39 is 0 Å². The van der Waals surface area contributed by atoms with Crippen LogP contribution in [0.5, 0.6) is 0 Å². The summed E-state index contributed by atoms with van der Waals surface area (Å²) in [6.45, 7) is 0.249. The van der Waals surface area contributed by atoms with Crippen molar-refractivity contribution in [2.75, 3.05) is 11.4 Å². The molecule has 1 aromatic carbocycles. The summed E-state index contributed by atoms with van der Waals surface area (Å²) in [6, 6.07) is 12.6. The Bertz CT molecular complexity index is 827. The second-order valence-electron chi connectivity index (χ2n) is 6.59. The minimum absolute atomic E-state index is 0.0113. The summed E-state index contributed by atoms with van der Waals surface area (Å²) in [5.74, 6) is 0.104. The lowest BCUT2D eigenvalue weighted by Crippen LogP contribution is -2.35. The van der Waals surface area contributed by atoms with Crippen LogP contribution in [0.1, 0.15) is 46.4 Å². The highest BCUT2D eigenvalue weighted by Crippen LogP contribution is 2.31. The molecule has 2 aliphatic rings. The van der Waals surface area contributed by atoms with Crippen molar-refractivity contribution in [3.05, 3.63) is 59.8 Å². The smallest absolute Gasteiger partial charge is 0.261 e. The van der Waals surface area contributed by atoms with Gasteiger partial charge in [-0.2, -0.15) is 0 Å². The van der Waals surface area contributed by atoms with Crippen molar-refractivity contribution in [2.24, 2.45) is 0 Å². The zero-order valence-electron chi connectivity index (χ0n) is 14.3. The van der Waals surface area contributed by atoms with E-state index in [0.29, 0.717) is 23.4 Å². The van der Waals surface area contributed by atoms with Gasteiger partial charge in [0.05, 0.1) is 11.1 Å². The zero-order chi connectivity index (χ0) is 18.1. The van der Waals surface area contributed by atoms with E-state index in [4.69, 9.17) is 0 Å². The monoisotopic (exact) mass is 349 g/mol. The van der Waals surface area contributed by atoms with Crippen LogP contribution in [0.15, 0.2) is 48.7 Å². The summed E-state index contributed by atoms with van der Waals surface area (Å²) in [5.41, 5.74) is 0.883. The third-order valence-corrected chi connectivity index (χ3v) is 4.73. The van der Waals surface area contributed by atoms with Crippen molar-refractivity contribution >= 4 is 23.5 Å². The van der Waals surface area contributed by atoms with Crippen LogP contribution in [0.3, 0.4) is 0 Å². The number of hydrogen-bond donors (Lipinski definition) is 0. The topological polar surface area (TPSA) is 70.6 Å². The number of carbonyl (C=O) groups is 3. The van der Waals surface area contributed by atoms with Gasteiger partial charge in [0.25, 0.3) is 11.8 Å². The lowest BCUT2D eigenvalue weighted by Gasteiger charge is -2.22. The third kappa shape index (κ3) is 2.98. The number of fused-ring (bicyclic) bond motifs is 1. The molecule has 1 aromatic heterocycles. The Hall–Kier alpha value is -3.02. The number of amides is 3. The molecule has 6 heteroatoms. The zero-order valence-corrected chi connectivity index (χ0v) is 14.3.